The number of para-hydroxylation sites is 1. The molecule has 25 heavy (non-hydrogen) atoms. The predicted molar refractivity (Wildman–Crippen MR) is 94.3 cm³/mol. The van der Waals surface area contributed by atoms with E-state index in [0.717, 1.165) is 17.7 Å². The fourth-order valence-corrected chi connectivity index (χ4v) is 3.11. The molecule has 1 unspecified atom stereocenters. The normalized spacial score (nSPS) is 17.5. The van der Waals surface area contributed by atoms with Gasteiger partial charge in [-0.2, -0.15) is 0 Å². The first-order valence-corrected chi connectivity index (χ1v) is 9.01. The summed E-state index contributed by atoms with van der Waals surface area (Å²) < 4.78 is 30.5. The van der Waals surface area contributed by atoms with E-state index in [0.29, 0.717) is 31.8 Å². The van der Waals surface area contributed by atoms with E-state index in [2.05, 4.69) is 19.2 Å². The van der Waals surface area contributed by atoms with Crippen LogP contribution in [0.4, 0.5) is 8.78 Å². The van der Waals surface area contributed by atoms with Gasteiger partial charge in [-0.1, -0.05) is 32.0 Å². The van der Waals surface area contributed by atoms with Crippen molar-refractivity contribution in [3.05, 3.63) is 29.8 Å². The first-order chi connectivity index (χ1) is 12.0. The molecular formula is C19H28F2N2O2. The molecule has 1 aliphatic heterocycles. The van der Waals surface area contributed by atoms with Crippen molar-refractivity contribution >= 4 is 5.91 Å². The molecule has 1 amide bonds. The molecule has 1 saturated heterocycles. The van der Waals surface area contributed by atoms with E-state index >= 15 is 0 Å². The molecule has 1 aromatic carbocycles. The highest BCUT2D eigenvalue weighted by Gasteiger charge is 2.22. The van der Waals surface area contributed by atoms with E-state index in [4.69, 9.17) is 4.74 Å². The molecule has 1 fully saturated rings. The number of piperidine rings is 1. The van der Waals surface area contributed by atoms with Crippen LogP contribution in [0.5, 0.6) is 5.75 Å². The topological polar surface area (TPSA) is 41.6 Å². The fraction of sp³-hybridized carbons (Fsp3) is 0.632. The third kappa shape index (κ3) is 6.27. The number of carbonyl (C=O) groups excluding carboxylic acids is 1. The number of ether oxygens (including phenoxy) is 1. The Balaban J connectivity index is 1.77. The smallest absolute Gasteiger partial charge is 0.258 e. The summed E-state index contributed by atoms with van der Waals surface area (Å²) in [7, 11) is 0. The van der Waals surface area contributed by atoms with E-state index < -0.39 is 6.43 Å². The molecule has 4 nitrogen and oxygen atoms in total. The highest BCUT2D eigenvalue weighted by molar-refractivity contribution is 5.77. The Hall–Kier alpha value is -1.69. The summed E-state index contributed by atoms with van der Waals surface area (Å²) >= 11 is 0. The molecule has 2 rings (SSSR count). The third-order valence-electron chi connectivity index (χ3n) is 4.77. The lowest BCUT2D eigenvalue weighted by atomic mass is 9.98. The molecule has 140 valence electrons. The zero-order chi connectivity index (χ0) is 18.2. The van der Waals surface area contributed by atoms with Crippen molar-refractivity contribution in [1.29, 1.82) is 0 Å². The SMILES string of the molecule is CCC(C)c1ccccc1OCC(=O)NC1CCN(CC(F)F)CC1. The highest BCUT2D eigenvalue weighted by atomic mass is 19.3. The van der Waals surface area contributed by atoms with Crippen LogP contribution in [0.2, 0.25) is 0 Å². The molecule has 0 bridgehead atoms. The van der Waals surface area contributed by atoms with Crippen LogP contribution < -0.4 is 10.1 Å². The molecule has 0 radical (unpaired) electrons. The van der Waals surface area contributed by atoms with E-state index in [1.165, 1.54) is 0 Å². The lowest BCUT2D eigenvalue weighted by Crippen LogP contribution is -2.46. The number of alkyl halides is 2. The van der Waals surface area contributed by atoms with Crippen LogP contribution in [0.25, 0.3) is 0 Å². The second-order valence-electron chi connectivity index (χ2n) is 6.67. The minimum absolute atomic E-state index is 0.0231. The number of hydrogen-bond acceptors (Lipinski definition) is 3. The first kappa shape index (κ1) is 19.6. The van der Waals surface area contributed by atoms with Gasteiger partial charge in [0.05, 0.1) is 6.54 Å². The number of halogens is 2. The Kier molecular flexibility index (Phi) is 7.62. The number of rotatable bonds is 8. The number of hydrogen-bond donors (Lipinski definition) is 1. The maximum atomic E-state index is 12.4. The number of benzene rings is 1. The Morgan fingerprint density at radius 2 is 2.00 bits per heavy atom. The van der Waals surface area contributed by atoms with Gasteiger partial charge in [-0.15, -0.1) is 0 Å². The van der Waals surface area contributed by atoms with Gasteiger partial charge in [-0.25, -0.2) is 8.78 Å². The Bertz CT molecular complexity index is 546. The van der Waals surface area contributed by atoms with Gasteiger partial charge in [0.25, 0.3) is 12.3 Å². The second kappa shape index (κ2) is 9.70. The summed E-state index contributed by atoms with van der Waals surface area (Å²) in [5.74, 6) is 0.962. The molecule has 1 atom stereocenters. The third-order valence-corrected chi connectivity index (χ3v) is 4.77. The second-order valence-corrected chi connectivity index (χ2v) is 6.67. The van der Waals surface area contributed by atoms with Crippen molar-refractivity contribution in [2.75, 3.05) is 26.2 Å². The van der Waals surface area contributed by atoms with Crippen molar-refractivity contribution in [1.82, 2.24) is 10.2 Å². The predicted octanol–water partition coefficient (Wildman–Crippen LogP) is 3.42. The molecule has 6 heteroatoms. The number of carbonyl (C=O) groups is 1. The molecule has 0 aromatic heterocycles. The molecule has 0 aliphatic carbocycles. The van der Waals surface area contributed by atoms with Crippen LogP contribution in [0.15, 0.2) is 24.3 Å². The number of likely N-dealkylation sites (tertiary alicyclic amines) is 1. The van der Waals surface area contributed by atoms with Gasteiger partial charge in [0.1, 0.15) is 5.75 Å². The molecule has 1 N–H and O–H groups in total. The van der Waals surface area contributed by atoms with E-state index in [9.17, 15) is 13.6 Å². The summed E-state index contributed by atoms with van der Waals surface area (Å²) in [6.45, 7) is 5.23. The molecule has 1 aromatic rings. The van der Waals surface area contributed by atoms with Gasteiger partial charge in [0.15, 0.2) is 6.61 Å². The maximum absolute atomic E-state index is 12.4. The number of amides is 1. The largest absolute Gasteiger partial charge is 0.483 e. The summed E-state index contributed by atoms with van der Waals surface area (Å²) in [6.07, 6.45) is 0.0956. The first-order valence-electron chi connectivity index (χ1n) is 9.01. The molecule has 1 heterocycles. The monoisotopic (exact) mass is 354 g/mol. The van der Waals surface area contributed by atoms with Gasteiger partial charge in [-0.05, 0) is 36.8 Å². The number of nitrogens with one attached hydrogen (secondary N) is 1. The average molecular weight is 354 g/mol. The lowest BCUT2D eigenvalue weighted by molar-refractivity contribution is -0.124. The van der Waals surface area contributed by atoms with E-state index in [-0.39, 0.29) is 25.1 Å². The summed E-state index contributed by atoms with van der Waals surface area (Å²) in [5.41, 5.74) is 1.11. The van der Waals surface area contributed by atoms with Crippen LogP contribution in [0, 0.1) is 0 Å². The zero-order valence-corrected chi connectivity index (χ0v) is 15.0. The molecule has 1 aliphatic rings. The van der Waals surface area contributed by atoms with Crippen molar-refractivity contribution in [2.45, 2.75) is 51.5 Å². The fourth-order valence-electron chi connectivity index (χ4n) is 3.11. The van der Waals surface area contributed by atoms with Gasteiger partial charge < -0.3 is 10.1 Å². The molecule has 0 saturated carbocycles. The van der Waals surface area contributed by atoms with Gasteiger partial charge in [-0.3, -0.25) is 9.69 Å². The Morgan fingerprint density at radius 1 is 1.32 bits per heavy atom. The standard InChI is InChI=1S/C19H28F2N2O2/c1-3-14(2)16-6-4-5-7-17(16)25-13-19(24)22-15-8-10-23(11-9-15)12-18(20)21/h4-7,14-15,18H,3,8-13H2,1-2H3,(H,22,24). The summed E-state index contributed by atoms with van der Waals surface area (Å²) in [4.78, 5) is 13.9. The quantitative estimate of drug-likeness (QED) is 0.778. The Morgan fingerprint density at radius 3 is 2.64 bits per heavy atom. The maximum Gasteiger partial charge on any atom is 0.258 e. The molecule has 0 spiro atoms. The van der Waals surface area contributed by atoms with Gasteiger partial charge >= 0.3 is 0 Å². The minimum atomic E-state index is -2.30. The van der Waals surface area contributed by atoms with Gasteiger partial charge in [0.2, 0.25) is 0 Å². The summed E-state index contributed by atoms with van der Waals surface area (Å²) in [5, 5.41) is 2.95. The summed E-state index contributed by atoms with van der Waals surface area (Å²) in [6, 6.07) is 7.83. The average Bonchev–Trinajstić information content (AvgIpc) is 2.61. The van der Waals surface area contributed by atoms with Crippen LogP contribution in [0.3, 0.4) is 0 Å². The highest BCUT2D eigenvalue weighted by Crippen LogP contribution is 2.28. The van der Waals surface area contributed by atoms with Crippen LogP contribution in [0.1, 0.15) is 44.6 Å². The van der Waals surface area contributed by atoms with Crippen molar-refractivity contribution in [3.8, 4) is 5.75 Å². The van der Waals surface area contributed by atoms with Crippen LogP contribution in [-0.4, -0.2) is 49.5 Å². The van der Waals surface area contributed by atoms with E-state index in [1.54, 1.807) is 4.90 Å². The van der Waals surface area contributed by atoms with Crippen LogP contribution in [-0.2, 0) is 4.79 Å². The van der Waals surface area contributed by atoms with Crippen LogP contribution >= 0.6 is 0 Å². The van der Waals surface area contributed by atoms with Crippen molar-refractivity contribution in [3.63, 3.8) is 0 Å². The van der Waals surface area contributed by atoms with Crippen molar-refractivity contribution in [2.24, 2.45) is 0 Å². The van der Waals surface area contributed by atoms with E-state index in [1.807, 2.05) is 24.3 Å². The minimum Gasteiger partial charge on any atom is -0.483 e. The number of nitrogens with zero attached hydrogens (tertiary/aromatic N) is 1. The molecular weight excluding hydrogens is 326 g/mol. The zero-order valence-electron chi connectivity index (χ0n) is 15.0. The Labute approximate surface area is 148 Å². The van der Waals surface area contributed by atoms with Crippen molar-refractivity contribution < 1.29 is 18.3 Å². The lowest BCUT2D eigenvalue weighted by Gasteiger charge is -2.32. The van der Waals surface area contributed by atoms with Gasteiger partial charge in [0, 0.05) is 19.1 Å².